The van der Waals surface area contributed by atoms with E-state index >= 15 is 0 Å². The monoisotopic (exact) mass is 259 g/mol. The molecule has 19 heavy (non-hydrogen) atoms. The zero-order valence-corrected chi connectivity index (χ0v) is 11.2. The van der Waals surface area contributed by atoms with Gasteiger partial charge in [0.25, 0.3) is 0 Å². The molecule has 100 valence electrons. The van der Waals surface area contributed by atoms with E-state index in [1.807, 2.05) is 18.2 Å². The lowest BCUT2D eigenvalue weighted by Gasteiger charge is -2.10. The predicted molar refractivity (Wildman–Crippen MR) is 73.2 cm³/mol. The Balaban J connectivity index is 2.26. The molecule has 0 spiro atoms. The summed E-state index contributed by atoms with van der Waals surface area (Å²) in [6.07, 6.45) is 2.60. The average Bonchev–Trinajstić information content (AvgIpc) is 2.44. The molecule has 0 bridgehead atoms. The summed E-state index contributed by atoms with van der Waals surface area (Å²) in [5.74, 6) is 0.299. The normalized spacial score (nSPS) is 10.4. The van der Waals surface area contributed by atoms with Crippen LogP contribution in [0.2, 0.25) is 0 Å². The Bertz CT molecular complexity index is 581. The number of esters is 1. The number of fused-ring (bicyclic) bond motifs is 1. The second-order valence-corrected chi connectivity index (χ2v) is 4.07. The van der Waals surface area contributed by atoms with Crippen LogP contribution >= 0.6 is 0 Å². The summed E-state index contributed by atoms with van der Waals surface area (Å²) in [6, 6.07) is 7.73. The fraction of sp³-hybridized carbons (Fsp3) is 0.333. The van der Waals surface area contributed by atoms with Crippen LogP contribution in [0.1, 0.15) is 19.4 Å². The fourth-order valence-corrected chi connectivity index (χ4v) is 1.96. The SMILES string of the molecule is CCOC(=O)COc1ccnc2c(CC)cccc12. The number of pyridine rings is 1. The van der Waals surface area contributed by atoms with Crippen molar-refractivity contribution >= 4 is 16.9 Å². The van der Waals surface area contributed by atoms with Crippen molar-refractivity contribution < 1.29 is 14.3 Å². The van der Waals surface area contributed by atoms with Crippen LogP contribution in [-0.4, -0.2) is 24.2 Å². The van der Waals surface area contributed by atoms with Crippen LogP contribution in [-0.2, 0) is 16.0 Å². The molecule has 2 rings (SSSR count). The topological polar surface area (TPSA) is 48.4 Å². The van der Waals surface area contributed by atoms with Gasteiger partial charge in [0, 0.05) is 11.6 Å². The molecule has 4 heteroatoms. The number of aryl methyl sites for hydroxylation is 1. The third kappa shape index (κ3) is 3.02. The van der Waals surface area contributed by atoms with Gasteiger partial charge in [-0.25, -0.2) is 4.79 Å². The number of carbonyl (C=O) groups excluding carboxylic acids is 1. The van der Waals surface area contributed by atoms with Gasteiger partial charge in [0.2, 0.25) is 0 Å². The largest absolute Gasteiger partial charge is 0.481 e. The van der Waals surface area contributed by atoms with Gasteiger partial charge in [-0.2, -0.15) is 0 Å². The maximum Gasteiger partial charge on any atom is 0.344 e. The molecule has 0 unspecified atom stereocenters. The van der Waals surface area contributed by atoms with E-state index in [0.717, 1.165) is 17.3 Å². The van der Waals surface area contributed by atoms with Crippen LogP contribution in [0.25, 0.3) is 10.9 Å². The van der Waals surface area contributed by atoms with Gasteiger partial charge in [-0.15, -0.1) is 0 Å². The van der Waals surface area contributed by atoms with Gasteiger partial charge in [-0.3, -0.25) is 4.98 Å². The summed E-state index contributed by atoms with van der Waals surface area (Å²) >= 11 is 0. The van der Waals surface area contributed by atoms with Gasteiger partial charge in [0.15, 0.2) is 6.61 Å². The highest BCUT2D eigenvalue weighted by atomic mass is 16.6. The van der Waals surface area contributed by atoms with Crippen LogP contribution in [0, 0.1) is 0 Å². The van der Waals surface area contributed by atoms with Gasteiger partial charge in [0.1, 0.15) is 5.75 Å². The lowest BCUT2D eigenvalue weighted by molar-refractivity contribution is -0.145. The zero-order valence-electron chi connectivity index (χ0n) is 11.2. The summed E-state index contributed by atoms with van der Waals surface area (Å²) in [7, 11) is 0. The summed E-state index contributed by atoms with van der Waals surface area (Å²) in [6.45, 7) is 4.14. The van der Waals surface area contributed by atoms with E-state index in [2.05, 4.69) is 11.9 Å². The lowest BCUT2D eigenvalue weighted by Crippen LogP contribution is -2.14. The maximum atomic E-state index is 11.3. The molecule has 0 amide bonds. The minimum atomic E-state index is -0.362. The third-order valence-electron chi connectivity index (χ3n) is 2.85. The molecule has 0 aliphatic heterocycles. The molecule has 0 aliphatic carbocycles. The van der Waals surface area contributed by atoms with Crippen LogP contribution in [0.5, 0.6) is 5.75 Å². The van der Waals surface area contributed by atoms with Crippen LogP contribution in [0.15, 0.2) is 30.5 Å². The van der Waals surface area contributed by atoms with Crippen molar-refractivity contribution in [1.82, 2.24) is 4.98 Å². The highest BCUT2D eigenvalue weighted by Gasteiger charge is 2.08. The Hall–Kier alpha value is -2.10. The number of rotatable bonds is 5. The van der Waals surface area contributed by atoms with Crippen molar-refractivity contribution in [2.45, 2.75) is 20.3 Å². The van der Waals surface area contributed by atoms with Crippen molar-refractivity contribution in [3.63, 3.8) is 0 Å². The zero-order chi connectivity index (χ0) is 13.7. The van der Waals surface area contributed by atoms with Gasteiger partial charge in [0.05, 0.1) is 12.1 Å². The van der Waals surface area contributed by atoms with E-state index in [9.17, 15) is 4.79 Å². The molecule has 0 fully saturated rings. The van der Waals surface area contributed by atoms with Gasteiger partial charge >= 0.3 is 5.97 Å². The second kappa shape index (κ2) is 6.18. The molecule has 1 heterocycles. The molecule has 0 radical (unpaired) electrons. The van der Waals surface area contributed by atoms with E-state index in [4.69, 9.17) is 9.47 Å². The van der Waals surface area contributed by atoms with E-state index in [0.29, 0.717) is 12.4 Å². The molecule has 0 saturated heterocycles. The van der Waals surface area contributed by atoms with E-state index in [1.165, 1.54) is 5.56 Å². The molecule has 1 aromatic heterocycles. The van der Waals surface area contributed by atoms with Crippen molar-refractivity contribution in [2.75, 3.05) is 13.2 Å². The number of para-hydroxylation sites is 1. The standard InChI is InChI=1S/C15H17NO3/c1-3-11-6-5-7-12-13(8-9-16-15(11)12)19-10-14(17)18-4-2/h5-9H,3-4,10H2,1-2H3. The van der Waals surface area contributed by atoms with Gasteiger partial charge in [-0.05, 0) is 31.0 Å². The number of benzene rings is 1. The van der Waals surface area contributed by atoms with Crippen molar-refractivity contribution in [2.24, 2.45) is 0 Å². The van der Waals surface area contributed by atoms with Crippen LogP contribution in [0.3, 0.4) is 0 Å². The van der Waals surface area contributed by atoms with E-state index < -0.39 is 0 Å². The Morgan fingerprint density at radius 1 is 1.26 bits per heavy atom. The molecule has 0 atom stereocenters. The second-order valence-electron chi connectivity index (χ2n) is 4.07. The molecule has 4 nitrogen and oxygen atoms in total. The quantitative estimate of drug-likeness (QED) is 0.775. The maximum absolute atomic E-state index is 11.3. The molecule has 0 aliphatic rings. The molecule has 0 N–H and O–H groups in total. The highest BCUT2D eigenvalue weighted by Crippen LogP contribution is 2.26. The predicted octanol–water partition coefficient (Wildman–Crippen LogP) is 2.74. The summed E-state index contributed by atoms with van der Waals surface area (Å²) in [5, 5.41) is 0.922. The smallest absolute Gasteiger partial charge is 0.344 e. The third-order valence-corrected chi connectivity index (χ3v) is 2.85. The first-order valence-corrected chi connectivity index (χ1v) is 6.41. The number of aromatic nitrogens is 1. The van der Waals surface area contributed by atoms with Gasteiger partial charge in [-0.1, -0.05) is 19.1 Å². The first-order chi connectivity index (χ1) is 9.26. The van der Waals surface area contributed by atoms with Crippen LogP contribution in [0.4, 0.5) is 0 Å². The number of hydrogen-bond donors (Lipinski definition) is 0. The number of carbonyl (C=O) groups is 1. The molecular weight excluding hydrogens is 242 g/mol. The lowest BCUT2D eigenvalue weighted by atomic mass is 10.1. The Kier molecular flexibility index (Phi) is 4.34. The number of hydrogen-bond acceptors (Lipinski definition) is 4. The number of nitrogens with zero attached hydrogens (tertiary/aromatic N) is 1. The summed E-state index contributed by atoms with van der Waals surface area (Å²) in [4.78, 5) is 15.7. The Labute approximate surface area is 112 Å². The molecule has 1 aromatic carbocycles. The van der Waals surface area contributed by atoms with E-state index in [1.54, 1.807) is 19.2 Å². The molecular formula is C15H17NO3. The van der Waals surface area contributed by atoms with E-state index in [-0.39, 0.29) is 12.6 Å². The minimum absolute atomic E-state index is 0.0801. The first kappa shape index (κ1) is 13.3. The van der Waals surface area contributed by atoms with Crippen LogP contribution < -0.4 is 4.74 Å². The highest BCUT2D eigenvalue weighted by molar-refractivity contribution is 5.87. The fourth-order valence-electron chi connectivity index (χ4n) is 1.96. The summed E-state index contributed by atoms with van der Waals surface area (Å²) < 4.78 is 10.4. The average molecular weight is 259 g/mol. The van der Waals surface area contributed by atoms with Crippen molar-refractivity contribution in [3.05, 3.63) is 36.0 Å². The Morgan fingerprint density at radius 2 is 2.11 bits per heavy atom. The minimum Gasteiger partial charge on any atom is -0.481 e. The summed E-state index contributed by atoms with van der Waals surface area (Å²) in [5.41, 5.74) is 2.09. The van der Waals surface area contributed by atoms with Crippen molar-refractivity contribution in [1.29, 1.82) is 0 Å². The number of ether oxygens (including phenoxy) is 2. The van der Waals surface area contributed by atoms with Gasteiger partial charge < -0.3 is 9.47 Å². The Morgan fingerprint density at radius 3 is 2.84 bits per heavy atom. The molecule has 2 aromatic rings. The first-order valence-electron chi connectivity index (χ1n) is 6.41. The van der Waals surface area contributed by atoms with Crippen molar-refractivity contribution in [3.8, 4) is 5.75 Å². The molecule has 0 saturated carbocycles.